The highest BCUT2D eigenvalue weighted by molar-refractivity contribution is 5.91. The van der Waals surface area contributed by atoms with Crippen LogP contribution >= 0.6 is 0 Å². The van der Waals surface area contributed by atoms with Crippen LogP contribution in [0, 0.1) is 11.8 Å². The molecule has 5 unspecified atom stereocenters. The SMILES string of the molecule is C=C1C(=O)OC2C1C(OC(C)=O)C=C(C)C1(O)CC=C(C)C21. The van der Waals surface area contributed by atoms with E-state index in [4.69, 9.17) is 9.47 Å². The highest BCUT2D eigenvalue weighted by atomic mass is 16.6. The fourth-order valence-electron chi connectivity index (χ4n) is 3.95. The number of esters is 2. The molecule has 0 saturated carbocycles. The van der Waals surface area contributed by atoms with Gasteiger partial charge in [-0.05, 0) is 31.9 Å². The number of rotatable bonds is 1. The summed E-state index contributed by atoms with van der Waals surface area (Å²) in [4.78, 5) is 23.4. The average molecular weight is 304 g/mol. The van der Waals surface area contributed by atoms with E-state index in [1.54, 1.807) is 6.08 Å². The van der Waals surface area contributed by atoms with Crippen molar-refractivity contribution in [1.82, 2.24) is 0 Å². The average Bonchev–Trinajstić information content (AvgIpc) is 2.84. The van der Waals surface area contributed by atoms with Gasteiger partial charge in [-0.2, -0.15) is 0 Å². The molecule has 1 aliphatic heterocycles. The van der Waals surface area contributed by atoms with Crippen LogP contribution in [0.2, 0.25) is 0 Å². The summed E-state index contributed by atoms with van der Waals surface area (Å²) in [7, 11) is 0. The first-order valence-electron chi connectivity index (χ1n) is 7.40. The first kappa shape index (κ1) is 15.0. The zero-order valence-electron chi connectivity index (χ0n) is 13.0. The van der Waals surface area contributed by atoms with E-state index in [-0.39, 0.29) is 5.92 Å². The molecule has 118 valence electrons. The van der Waals surface area contributed by atoms with Gasteiger partial charge in [-0.1, -0.05) is 18.2 Å². The Bertz CT molecular complexity index is 629. The Balaban J connectivity index is 2.12. The minimum Gasteiger partial charge on any atom is -0.457 e. The van der Waals surface area contributed by atoms with Gasteiger partial charge in [-0.25, -0.2) is 4.79 Å². The molecular weight excluding hydrogens is 284 g/mol. The van der Waals surface area contributed by atoms with Gasteiger partial charge in [0.2, 0.25) is 0 Å². The summed E-state index contributed by atoms with van der Waals surface area (Å²) in [5.41, 5.74) is 0.905. The summed E-state index contributed by atoms with van der Waals surface area (Å²) >= 11 is 0. The van der Waals surface area contributed by atoms with Gasteiger partial charge in [0.25, 0.3) is 0 Å². The number of hydrogen-bond acceptors (Lipinski definition) is 5. The van der Waals surface area contributed by atoms with E-state index in [1.807, 2.05) is 19.9 Å². The van der Waals surface area contributed by atoms with Crippen molar-refractivity contribution in [2.45, 2.75) is 45.0 Å². The molecule has 0 radical (unpaired) electrons. The van der Waals surface area contributed by atoms with Crippen LogP contribution < -0.4 is 0 Å². The highest BCUT2D eigenvalue weighted by Gasteiger charge is 2.58. The molecule has 0 amide bonds. The molecule has 1 fully saturated rings. The fourth-order valence-corrected chi connectivity index (χ4v) is 3.95. The fraction of sp³-hybridized carbons (Fsp3) is 0.529. The maximum absolute atomic E-state index is 12.0. The first-order valence-corrected chi connectivity index (χ1v) is 7.40. The molecule has 1 saturated heterocycles. The molecule has 5 nitrogen and oxygen atoms in total. The second kappa shape index (κ2) is 4.81. The lowest BCUT2D eigenvalue weighted by Gasteiger charge is -2.35. The maximum atomic E-state index is 12.0. The summed E-state index contributed by atoms with van der Waals surface area (Å²) < 4.78 is 10.9. The van der Waals surface area contributed by atoms with E-state index in [2.05, 4.69) is 6.58 Å². The minimum atomic E-state index is -1.10. The summed E-state index contributed by atoms with van der Waals surface area (Å²) in [6.45, 7) is 8.88. The largest absolute Gasteiger partial charge is 0.457 e. The van der Waals surface area contributed by atoms with Crippen LogP contribution in [0.15, 0.2) is 35.5 Å². The molecule has 0 aromatic rings. The predicted octanol–water partition coefficient (Wildman–Crippen LogP) is 1.67. The Morgan fingerprint density at radius 2 is 2.18 bits per heavy atom. The van der Waals surface area contributed by atoms with Crippen molar-refractivity contribution < 1.29 is 24.2 Å². The molecule has 0 bridgehead atoms. The third kappa shape index (κ3) is 1.96. The molecular formula is C17H20O5. The van der Waals surface area contributed by atoms with Crippen molar-refractivity contribution in [1.29, 1.82) is 0 Å². The van der Waals surface area contributed by atoms with Crippen LogP contribution in [-0.4, -0.2) is 34.9 Å². The molecule has 22 heavy (non-hydrogen) atoms. The van der Waals surface area contributed by atoms with Gasteiger partial charge in [-0.15, -0.1) is 0 Å². The van der Waals surface area contributed by atoms with Gasteiger partial charge in [0.15, 0.2) is 0 Å². The van der Waals surface area contributed by atoms with Crippen LogP contribution in [-0.2, 0) is 19.1 Å². The zero-order chi connectivity index (χ0) is 16.2. The van der Waals surface area contributed by atoms with E-state index >= 15 is 0 Å². The van der Waals surface area contributed by atoms with Crippen molar-refractivity contribution in [3.8, 4) is 0 Å². The quantitative estimate of drug-likeness (QED) is 0.453. The Morgan fingerprint density at radius 1 is 1.50 bits per heavy atom. The zero-order valence-corrected chi connectivity index (χ0v) is 13.0. The molecule has 0 spiro atoms. The van der Waals surface area contributed by atoms with Crippen LogP contribution in [0.5, 0.6) is 0 Å². The van der Waals surface area contributed by atoms with Gasteiger partial charge >= 0.3 is 11.9 Å². The summed E-state index contributed by atoms with van der Waals surface area (Å²) in [6.07, 6.45) is 2.95. The summed E-state index contributed by atoms with van der Waals surface area (Å²) in [5.74, 6) is -1.72. The molecule has 2 aliphatic carbocycles. The van der Waals surface area contributed by atoms with E-state index in [9.17, 15) is 14.7 Å². The number of hydrogen-bond donors (Lipinski definition) is 1. The topological polar surface area (TPSA) is 72.8 Å². The third-order valence-electron chi connectivity index (χ3n) is 5.08. The van der Waals surface area contributed by atoms with Gasteiger partial charge in [-0.3, -0.25) is 4.79 Å². The molecule has 3 rings (SSSR count). The number of aliphatic hydroxyl groups is 1. The van der Waals surface area contributed by atoms with Crippen LogP contribution in [0.25, 0.3) is 0 Å². The van der Waals surface area contributed by atoms with Gasteiger partial charge in [0, 0.05) is 12.5 Å². The Kier molecular flexibility index (Phi) is 3.29. The minimum absolute atomic E-state index is 0.296. The molecule has 5 heteroatoms. The Hall–Kier alpha value is -1.88. The van der Waals surface area contributed by atoms with E-state index in [0.717, 1.165) is 11.1 Å². The summed E-state index contributed by atoms with van der Waals surface area (Å²) in [5, 5.41) is 11.1. The summed E-state index contributed by atoms with van der Waals surface area (Å²) in [6, 6.07) is 0. The van der Waals surface area contributed by atoms with E-state index < -0.39 is 35.7 Å². The van der Waals surface area contributed by atoms with Crippen molar-refractivity contribution >= 4 is 11.9 Å². The molecule has 3 aliphatic rings. The Morgan fingerprint density at radius 3 is 2.82 bits per heavy atom. The molecule has 0 aromatic carbocycles. The smallest absolute Gasteiger partial charge is 0.334 e. The second-order valence-corrected chi connectivity index (χ2v) is 6.40. The van der Waals surface area contributed by atoms with Crippen molar-refractivity contribution in [3.05, 3.63) is 35.5 Å². The lowest BCUT2D eigenvalue weighted by atomic mass is 9.76. The van der Waals surface area contributed by atoms with Crippen molar-refractivity contribution in [2.75, 3.05) is 0 Å². The lowest BCUT2D eigenvalue weighted by Crippen LogP contribution is -2.44. The number of fused-ring (bicyclic) bond motifs is 3. The van der Waals surface area contributed by atoms with Crippen molar-refractivity contribution in [3.63, 3.8) is 0 Å². The first-order chi connectivity index (χ1) is 10.3. The molecule has 1 N–H and O–H groups in total. The van der Waals surface area contributed by atoms with Gasteiger partial charge < -0.3 is 14.6 Å². The monoisotopic (exact) mass is 304 g/mol. The van der Waals surface area contributed by atoms with Crippen LogP contribution in [0.1, 0.15) is 27.2 Å². The maximum Gasteiger partial charge on any atom is 0.334 e. The Labute approximate surface area is 129 Å². The third-order valence-corrected chi connectivity index (χ3v) is 5.08. The molecule has 1 heterocycles. The standard InChI is InChI=1S/C17H20O5/c1-8-5-6-17(20)9(2)7-12(21-11(4)18)13-10(3)16(19)22-15(13)14(8)17/h5,7,12-15,20H,3,6H2,1-2,4H3. The number of carbonyl (C=O) groups is 2. The predicted molar refractivity (Wildman–Crippen MR) is 78.6 cm³/mol. The normalized spacial score (nSPS) is 40.2. The van der Waals surface area contributed by atoms with Crippen LogP contribution in [0.3, 0.4) is 0 Å². The number of ether oxygens (including phenoxy) is 2. The number of carbonyl (C=O) groups excluding carboxylic acids is 2. The van der Waals surface area contributed by atoms with E-state index in [0.29, 0.717) is 12.0 Å². The highest BCUT2D eigenvalue weighted by Crippen LogP contribution is 2.51. The van der Waals surface area contributed by atoms with Crippen molar-refractivity contribution in [2.24, 2.45) is 11.8 Å². The van der Waals surface area contributed by atoms with Gasteiger partial charge in [0.1, 0.15) is 12.2 Å². The van der Waals surface area contributed by atoms with E-state index in [1.165, 1.54) is 6.92 Å². The second-order valence-electron chi connectivity index (χ2n) is 6.40. The molecule has 0 aromatic heterocycles. The van der Waals surface area contributed by atoms with Crippen LogP contribution in [0.4, 0.5) is 0 Å². The van der Waals surface area contributed by atoms with Gasteiger partial charge in [0.05, 0.1) is 17.4 Å². The lowest BCUT2D eigenvalue weighted by molar-refractivity contribution is -0.148. The molecule has 5 atom stereocenters.